The molecule has 3 nitrogen and oxygen atoms in total. The smallest absolute Gasteiger partial charge is 0.0957 e. The Morgan fingerprint density at radius 3 is 2.82 bits per heavy atom. The number of nitriles is 1. The fourth-order valence-corrected chi connectivity index (χ4v) is 2.19. The van der Waals surface area contributed by atoms with Gasteiger partial charge in [-0.3, -0.25) is 0 Å². The lowest BCUT2D eigenvalue weighted by Gasteiger charge is -2.24. The van der Waals surface area contributed by atoms with Crippen molar-refractivity contribution in [1.29, 1.82) is 5.26 Å². The van der Waals surface area contributed by atoms with Crippen LogP contribution in [0.15, 0.2) is 41.4 Å². The molecule has 0 aliphatic carbocycles. The molecule has 0 spiro atoms. The number of hydrogen-bond acceptors (Lipinski definition) is 3. The first-order chi connectivity index (χ1) is 8.40. The summed E-state index contributed by atoms with van der Waals surface area (Å²) in [4.78, 5) is 6.48. The molecule has 0 N–H and O–H groups in total. The molecule has 3 rings (SSSR count). The summed E-state index contributed by atoms with van der Waals surface area (Å²) in [6.45, 7) is 0.688. The van der Waals surface area contributed by atoms with Crippen LogP contribution in [0.3, 0.4) is 0 Å². The predicted molar refractivity (Wildman–Crippen MR) is 69.7 cm³/mol. The molecule has 0 fully saturated rings. The number of anilines is 1. The molecule has 0 unspecified atom stereocenters. The zero-order valence-corrected chi connectivity index (χ0v) is 9.30. The molecule has 0 radical (unpaired) electrons. The van der Waals surface area contributed by atoms with Gasteiger partial charge in [0.15, 0.2) is 0 Å². The SMILES string of the molecule is N#CCCN1C=Nc2cccc3cccc1c23. The maximum Gasteiger partial charge on any atom is 0.0957 e. The van der Waals surface area contributed by atoms with Gasteiger partial charge in [0.05, 0.1) is 30.2 Å². The zero-order valence-electron chi connectivity index (χ0n) is 9.30. The lowest BCUT2D eigenvalue weighted by molar-refractivity contribution is 0.983. The molecular weight excluding hydrogens is 210 g/mol. The van der Waals surface area contributed by atoms with Gasteiger partial charge in [-0.2, -0.15) is 5.26 Å². The average Bonchev–Trinajstić information content (AvgIpc) is 2.39. The summed E-state index contributed by atoms with van der Waals surface area (Å²) in [6, 6.07) is 14.5. The summed E-state index contributed by atoms with van der Waals surface area (Å²) < 4.78 is 0. The molecular formula is C14H11N3. The Kier molecular flexibility index (Phi) is 2.27. The van der Waals surface area contributed by atoms with Crippen molar-refractivity contribution in [3.05, 3.63) is 36.4 Å². The van der Waals surface area contributed by atoms with Crippen LogP contribution in [0.1, 0.15) is 6.42 Å². The molecule has 1 heterocycles. The summed E-state index contributed by atoms with van der Waals surface area (Å²) >= 11 is 0. The maximum absolute atomic E-state index is 8.67. The summed E-state index contributed by atoms with van der Waals surface area (Å²) in [5.41, 5.74) is 2.15. The second-order valence-electron chi connectivity index (χ2n) is 4.00. The van der Waals surface area contributed by atoms with Crippen LogP contribution in [0.25, 0.3) is 10.8 Å². The quantitative estimate of drug-likeness (QED) is 0.781. The van der Waals surface area contributed by atoms with Crippen molar-refractivity contribution in [2.24, 2.45) is 4.99 Å². The number of hydrogen-bond donors (Lipinski definition) is 0. The standard InChI is InChI=1S/C14H11N3/c15-8-3-9-17-10-16-12-6-1-4-11-5-2-7-13(17)14(11)12/h1-2,4-7,10H,3,9H2. The Bertz CT molecular complexity index is 632. The predicted octanol–water partition coefficient (Wildman–Crippen LogP) is 3.23. The van der Waals surface area contributed by atoms with E-state index in [1.807, 2.05) is 29.4 Å². The fourth-order valence-electron chi connectivity index (χ4n) is 2.19. The maximum atomic E-state index is 8.67. The first-order valence-corrected chi connectivity index (χ1v) is 5.60. The van der Waals surface area contributed by atoms with Gasteiger partial charge in [-0.15, -0.1) is 0 Å². The van der Waals surface area contributed by atoms with Crippen molar-refractivity contribution in [2.45, 2.75) is 6.42 Å². The molecule has 17 heavy (non-hydrogen) atoms. The van der Waals surface area contributed by atoms with Gasteiger partial charge in [-0.1, -0.05) is 24.3 Å². The van der Waals surface area contributed by atoms with Gasteiger partial charge in [0.25, 0.3) is 0 Å². The largest absolute Gasteiger partial charge is 0.331 e. The van der Waals surface area contributed by atoms with E-state index in [2.05, 4.69) is 29.3 Å². The number of nitrogens with zero attached hydrogens (tertiary/aromatic N) is 3. The normalized spacial score (nSPS) is 12.8. The second kappa shape index (κ2) is 3.91. The van der Waals surface area contributed by atoms with Crippen molar-refractivity contribution in [3.63, 3.8) is 0 Å². The molecule has 82 valence electrons. The fraction of sp³-hybridized carbons (Fsp3) is 0.143. The highest BCUT2D eigenvalue weighted by Crippen LogP contribution is 2.36. The van der Waals surface area contributed by atoms with Crippen LogP contribution in [-0.4, -0.2) is 12.9 Å². The molecule has 1 aliphatic heterocycles. The van der Waals surface area contributed by atoms with Crippen LogP contribution in [-0.2, 0) is 0 Å². The highest BCUT2D eigenvalue weighted by molar-refractivity contribution is 6.09. The van der Waals surface area contributed by atoms with E-state index in [9.17, 15) is 0 Å². The number of benzene rings is 2. The zero-order chi connectivity index (χ0) is 11.7. The van der Waals surface area contributed by atoms with Gasteiger partial charge < -0.3 is 4.90 Å². The Balaban J connectivity index is 2.17. The average molecular weight is 221 g/mol. The van der Waals surface area contributed by atoms with Crippen LogP contribution in [0.2, 0.25) is 0 Å². The van der Waals surface area contributed by atoms with Gasteiger partial charge in [-0.25, -0.2) is 4.99 Å². The van der Waals surface area contributed by atoms with Gasteiger partial charge in [-0.05, 0) is 17.5 Å². The number of rotatable bonds is 2. The van der Waals surface area contributed by atoms with Gasteiger partial charge in [0.1, 0.15) is 0 Å². The molecule has 0 aromatic heterocycles. The molecule has 0 saturated heterocycles. The Labute approximate surface area is 99.6 Å². The van der Waals surface area contributed by atoms with E-state index in [4.69, 9.17) is 5.26 Å². The molecule has 0 amide bonds. The van der Waals surface area contributed by atoms with E-state index in [0.29, 0.717) is 13.0 Å². The minimum absolute atomic E-state index is 0.505. The summed E-state index contributed by atoms with van der Waals surface area (Å²) in [5.74, 6) is 0. The third kappa shape index (κ3) is 1.55. The Morgan fingerprint density at radius 2 is 2.00 bits per heavy atom. The second-order valence-corrected chi connectivity index (χ2v) is 4.00. The molecule has 0 bridgehead atoms. The lowest BCUT2D eigenvalue weighted by atomic mass is 10.1. The highest BCUT2D eigenvalue weighted by atomic mass is 15.2. The molecule has 3 heteroatoms. The molecule has 1 aliphatic rings. The van der Waals surface area contributed by atoms with Gasteiger partial charge in [0.2, 0.25) is 0 Å². The Hall–Kier alpha value is -2.34. The van der Waals surface area contributed by atoms with Crippen molar-refractivity contribution in [3.8, 4) is 6.07 Å². The van der Waals surface area contributed by atoms with Crippen molar-refractivity contribution in [2.75, 3.05) is 11.4 Å². The summed E-state index contributed by atoms with van der Waals surface area (Å²) in [7, 11) is 0. The van der Waals surface area contributed by atoms with E-state index >= 15 is 0 Å². The first-order valence-electron chi connectivity index (χ1n) is 5.60. The van der Waals surface area contributed by atoms with E-state index < -0.39 is 0 Å². The van der Waals surface area contributed by atoms with Crippen molar-refractivity contribution in [1.82, 2.24) is 0 Å². The summed E-state index contributed by atoms with van der Waals surface area (Å²) in [6.07, 6.45) is 2.32. The molecule has 2 aromatic carbocycles. The van der Waals surface area contributed by atoms with Crippen LogP contribution in [0.4, 0.5) is 11.4 Å². The monoisotopic (exact) mass is 221 g/mol. The minimum atomic E-state index is 0.505. The van der Waals surface area contributed by atoms with Crippen LogP contribution < -0.4 is 4.90 Å². The van der Waals surface area contributed by atoms with Crippen LogP contribution in [0, 0.1) is 11.3 Å². The highest BCUT2D eigenvalue weighted by Gasteiger charge is 2.14. The number of aliphatic imine (C=N–C) groups is 1. The molecule has 0 saturated carbocycles. The lowest BCUT2D eigenvalue weighted by Crippen LogP contribution is -2.23. The van der Waals surface area contributed by atoms with Crippen LogP contribution in [0.5, 0.6) is 0 Å². The first kappa shape index (κ1) is 9.86. The van der Waals surface area contributed by atoms with Gasteiger partial charge in [0, 0.05) is 11.9 Å². The van der Waals surface area contributed by atoms with E-state index in [-0.39, 0.29) is 0 Å². The molecule has 0 atom stereocenters. The van der Waals surface area contributed by atoms with E-state index in [1.54, 1.807) is 0 Å². The minimum Gasteiger partial charge on any atom is -0.331 e. The molecule has 2 aromatic rings. The topological polar surface area (TPSA) is 39.4 Å². The Morgan fingerprint density at radius 1 is 1.18 bits per heavy atom. The third-order valence-electron chi connectivity index (χ3n) is 2.97. The van der Waals surface area contributed by atoms with Crippen LogP contribution >= 0.6 is 0 Å². The third-order valence-corrected chi connectivity index (χ3v) is 2.97. The summed E-state index contributed by atoms with van der Waals surface area (Å²) in [5, 5.41) is 11.0. The van der Waals surface area contributed by atoms with E-state index in [0.717, 1.165) is 11.4 Å². The van der Waals surface area contributed by atoms with E-state index in [1.165, 1.54) is 10.8 Å². The van der Waals surface area contributed by atoms with Crippen molar-refractivity contribution >= 4 is 28.5 Å². The van der Waals surface area contributed by atoms with Crippen molar-refractivity contribution < 1.29 is 0 Å². The van der Waals surface area contributed by atoms with Gasteiger partial charge >= 0.3 is 0 Å².